The Kier molecular flexibility index (Phi) is 7.76. The standard InChI is InChI=1S/C25H30N2O5/c1-5-6-7-11-14-27-24(28)21(17-12-9-8-10-13-17)22(25(27)29)26-18-15-19(30-2)23(32-4)20(16-18)31-3/h8-10,12-13,15-16,26H,5-7,11,14H2,1-4H3. The first-order chi connectivity index (χ1) is 15.5. The molecule has 3 rings (SSSR count). The van der Waals surface area contributed by atoms with Crippen LogP contribution in [0, 0.1) is 0 Å². The fraction of sp³-hybridized carbons (Fsp3) is 0.360. The van der Waals surface area contributed by atoms with Crippen LogP contribution in [0.2, 0.25) is 0 Å². The molecule has 1 aliphatic heterocycles. The molecule has 2 amide bonds. The number of hydrogen-bond donors (Lipinski definition) is 1. The van der Waals surface area contributed by atoms with Crippen molar-refractivity contribution in [3.63, 3.8) is 0 Å². The molecule has 0 fully saturated rings. The van der Waals surface area contributed by atoms with Crippen LogP contribution in [0.25, 0.3) is 5.57 Å². The third-order valence-electron chi connectivity index (χ3n) is 5.40. The number of hydrogen-bond acceptors (Lipinski definition) is 6. The average molecular weight is 439 g/mol. The summed E-state index contributed by atoms with van der Waals surface area (Å²) in [5, 5.41) is 3.15. The molecule has 0 spiro atoms. The van der Waals surface area contributed by atoms with Crippen LogP contribution in [0.5, 0.6) is 17.2 Å². The second-order valence-electron chi connectivity index (χ2n) is 7.48. The van der Waals surface area contributed by atoms with Crippen molar-refractivity contribution in [2.75, 3.05) is 33.2 Å². The monoisotopic (exact) mass is 438 g/mol. The second kappa shape index (κ2) is 10.7. The third-order valence-corrected chi connectivity index (χ3v) is 5.40. The quantitative estimate of drug-likeness (QED) is 0.412. The minimum Gasteiger partial charge on any atom is -0.493 e. The number of nitrogens with zero attached hydrogens (tertiary/aromatic N) is 1. The summed E-state index contributed by atoms with van der Waals surface area (Å²) >= 11 is 0. The van der Waals surface area contributed by atoms with E-state index in [0.29, 0.717) is 40.6 Å². The van der Waals surface area contributed by atoms with Crippen molar-refractivity contribution in [1.82, 2.24) is 4.90 Å². The predicted molar refractivity (Wildman–Crippen MR) is 124 cm³/mol. The van der Waals surface area contributed by atoms with Crippen LogP contribution in [0.1, 0.15) is 38.2 Å². The van der Waals surface area contributed by atoms with E-state index < -0.39 is 0 Å². The molecular formula is C25H30N2O5. The molecule has 1 aliphatic rings. The van der Waals surface area contributed by atoms with Gasteiger partial charge in [-0.15, -0.1) is 0 Å². The Morgan fingerprint density at radius 3 is 2.06 bits per heavy atom. The topological polar surface area (TPSA) is 77.1 Å². The van der Waals surface area contributed by atoms with Crippen LogP contribution in [-0.4, -0.2) is 44.6 Å². The van der Waals surface area contributed by atoms with E-state index in [9.17, 15) is 9.59 Å². The van der Waals surface area contributed by atoms with Gasteiger partial charge in [0.05, 0.1) is 26.9 Å². The maximum Gasteiger partial charge on any atom is 0.278 e. The van der Waals surface area contributed by atoms with Gasteiger partial charge < -0.3 is 19.5 Å². The zero-order valence-electron chi connectivity index (χ0n) is 19.1. The molecule has 32 heavy (non-hydrogen) atoms. The highest BCUT2D eigenvalue weighted by Gasteiger charge is 2.39. The number of anilines is 1. The molecule has 2 aromatic rings. The first-order valence-electron chi connectivity index (χ1n) is 10.8. The molecule has 2 aromatic carbocycles. The number of ether oxygens (including phenoxy) is 3. The predicted octanol–water partition coefficient (Wildman–Crippen LogP) is 4.48. The van der Waals surface area contributed by atoms with Gasteiger partial charge in [-0.05, 0) is 12.0 Å². The first kappa shape index (κ1) is 23.2. The fourth-order valence-corrected chi connectivity index (χ4v) is 3.76. The summed E-state index contributed by atoms with van der Waals surface area (Å²) in [6.07, 6.45) is 3.92. The minimum atomic E-state index is -0.334. The number of benzene rings is 2. The molecule has 1 heterocycles. The van der Waals surface area contributed by atoms with Gasteiger partial charge in [0, 0.05) is 24.4 Å². The van der Waals surface area contributed by atoms with Gasteiger partial charge in [0.1, 0.15) is 5.70 Å². The highest BCUT2D eigenvalue weighted by molar-refractivity contribution is 6.36. The lowest BCUT2D eigenvalue weighted by atomic mass is 10.0. The van der Waals surface area contributed by atoms with Crippen molar-refractivity contribution in [3.8, 4) is 17.2 Å². The number of methoxy groups -OCH3 is 3. The lowest BCUT2D eigenvalue weighted by Gasteiger charge is -2.16. The number of carbonyl (C=O) groups excluding carboxylic acids is 2. The van der Waals surface area contributed by atoms with Crippen LogP contribution >= 0.6 is 0 Å². The van der Waals surface area contributed by atoms with Gasteiger partial charge in [-0.25, -0.2) is 0 Å². The molecule has 0 atom stereocenters. The molecule has 1 N–H and O–H groups in total. The van der Waals surface area contributed by atoms with Crippen molar-refractivity contribution in [3.05, 3.63) is 53.7 Å². The molecule has 0 radical (unpaired) electrons. The summed E-state index contributed by atoms with van der Waals surface area (Å²) in [6.45, 7) is 2.52. The first-order valence-corrected chi connectivity index (χ1v) is 10.8. The van der Waals surface area contributed by atoms with Crippen molar-refractivity contribution in [2.24, 2.45) is 0 Å². The molecule has 0 aliphatic carbocycles. The molecule has 0 aromatic heterocycles. The summed E-state index contributed by atoms with van der Waals surface area (Å²) in [4.78, 5) is 27.9. The number of rotatable bonds is 11. The Morgan fingerprint density at radius 2 is 1.50 bits per heavy atom. The number of unbranched alkanes of at least 4 members (excludes halogenated alkanes) is 3. The van der Waals surface area contributed by atoms with E-state index in [1.807, 2.05) is 30.3 Å². The summed E-state index contributed by atoms with van der Waals surface area (Å²) in [5.41, 5.74) is 1.85. The fourth-order valence-electron chi connectivity index (χ4n) is 3.76. The Bertz CT molecular complexity index is 976. The molecule has 170 valence electrons. The molecule has 0 bridgehead atoms. The van der Waals surface area contributed by atoms with E-state index in [0.717, 1.165) is 25.7 Å². The number of carbonyl (C=O) groups is 2. The normalized spacial score (nSPS) is 13.6. The largest absolute Gasteiger partial charge is 0.493 e. The minimum absolute atomic E-state index is 0.242. The van der Waals surface area contributed by atoms with Gasteiger partial charge in [0.2, 0.25) is 5.75 Å². The summed E-state index contributed by atoms with van der Waals surface area (Å²) in [6, 6.07) is 12.6. The van der Waals surface area contributed by atoms with E-state index in [2.05, 4.69) is 12.2 Å². The SMILES string of the molecule is CCCCCCN1C(=O)C(Nc2cc(OC)c(OC)c(OC)c2)=C(c2ccccc2)C1=O. The van der Waals surface area contributed by atoms with Gasteiger partial charge in [0.25, 0.3) is 11.8 Å². The van der Waals surface area contributed by atoms with Crippen LogP contribution in [-0.2, 0) is 9.59 Å². The van der Waals surface area contributed by atoms with Crippen LogP contribution in [0.3, 0.4) is 0 Å². The molecule has 0 saturated carbocycles. The highest BCUT2D eigenvalue weighted by atomic mass is 16.5. The molecule has 7 heteroatoms. The second-order valence-corrected chi connectivity index (χ2v) is 7.48. The van der Waals surface area contributed by atoms with Crippen LogP contribution < -0.4 is 19.5 Å². The van der Waals surface area contributed by atoms with Crippen molar-refractivity contribution >= 4 is 23.1 Å². The summed E-state index contributed by atoms with van der Waals surface area (Å²) < 4.78 is 16.2. The van der Waals surface area contributed by atoms with Gasteiger partial charge in [-0.3, -0.25) is 14.5 Å². The number of amides is 2. The van der Waals surface area contributed by atoms with E-state index in [1.165, 1.54) is 26.2 Å². The third kappa shape index (κ3) is 4.72. The summed E-state index contributed by atoms with van der Waals surface area (Å²) in [5.74, 6) is 0.727. The van der Waals surface area contributed by atoms with E-state index in [4.69, 9.17) is 14.2 Å². The maximum absolute atomic E-state index is 13.3. The Morgan fingerprint density at radius 1 is 0.844 bits per heavy atom. The maximum atomic E-state index is 13.3. The molecule has 7 nitrogen and oxygen atoms in total. The van der Waals surface area contributed by atoms with Gasteiger partial charge in [-0.2, -0.15) is 0 Å². The summed E-state index contributed by atoms with van der Waals surface area (Å²) in [7, 11) is 4.58. The van der Waals surface area contributed by atoms with Crippen LogP contribution in [0.15, 0.2) is 48.2 Å². The Hall–Kier alpha value is -3.48. The highest BCUT2D eigenvalue weighted by Crippen LogP contribution is 2.41. The van der Waals surface area contributed by atoms with E-state index in [1.54, 1.807) is 12.1 Å². The Labute approximate surface area is 189 Å². The smallest absolute Gasteiger partial charge is 0.278 e. The number of imide groups is 1. The molecule has 0 unspecified atom stereocenters. The molecule has 0 saturated heterocycles. The zero-order chi connectivity index (χ0) is 23.1. The van der Waals surface area contributed by atoms with E-state index >= 15 is 0 Å². The van der Waals surface area contributed by atoms with Gasteiger partial charge in [0.15, 0.2) is 11.5 Å². The van der Waals surface area contributed by atoms with Crippen molar-refractivity contribution in [2.45, 2.75) is 32.6 Å². The lowest BCUT2D eigenvalue weighted by molar-refractivity contribution is -0.136. The Balaban J connectivity index is 1.99. The lowest BCUT2D eigenvalue weighted by Crippen LogP contribution is -2.33. The van der Waals surface area contributed by atoms with Crippen molar-refractivity contribution in [1.29, 1.82) is 0 Å². The van der Waals surface area contributed by atoms with E-state index in [-0.39, 0.29) is 17.5 Å². The average Bonchev–Trinajstić information content (AvgIpc) is 3.05. The van der Waals surface area contributed by atoms with Gasteiger partial charge >= 0.3 is 0 Å². The van der Waals surface area contributed by atoms with Gasteiger partial charge in [-0.1, -0.05) is 56.5 Å². The molecular weight excluding hydrogens is 408 g/mol. The number of nitrogens with one attached hydrogen (secondary N) is 1. The zero-order valence-corrected chi connectivity index (χ0v) is 19.1. The van der Waals surface area contributed by atoms with Crippen molar-refractivity contribution < 1.29 is 23.8 Å². The van der Waals surface area contributed by atoms with Crippen LogP contribution in [0.4, 0.5) is 5.69 Å².